The molecule has 9 nitrogen and oxygen atoms in total. The molecule has 5 rings (SSSR count). The van der Waals surface area contributed by atoms with Crippen molar-refractivity contribution in [3.63, 3.8) is 0 Å². The molecule has 0 radical (unpaired) electrons. The van der Waals surface area contributed by atoms with Gasteiger partial charge in [-0.2, -0.15) is 5.10 Å². The van der Waals surface area contributed by atoms with Crippen molar-refractivity contribution in [2.45, 2.75) is 6.92 Å². The van der Waals surface area contributed by atoms with Crippen molar-refractivity contribution in [2.24, 2.45) is 0 Å². The van der Waals surface area contributed by atoms with Gasteiger partial charge in [-0.3, -0.25) is 9.52 Å². The van der Waals surface area contributed by atoms with E-state index in [1.54, 1.807) is 42.5 Å². The summed E-state index contributed by atoms with van der Waals surface area (Å²) >= 11 is 6.20. The van der Waals surface area contributed by atoms with Crippen LogP contribution >= 0.6 is 11.6 Å². The van der Waals surface area contributed by atoms with Gasteiger partial charge in [0, 0.05) is 10.9 Å². The largest absolute Gasteiger partial charge is 0.454 e. The van der Waals surface area contributed by atoms with Crippen LogP contribution < -0.4 is 15.2 Å². The second-order valence-corrected chi connectivity index (χ2v) is 10.8. The van der Waals surface area contributed by atoms with Crippen molar-refractivity contribution in [1.29, 1.82) is 0 Å². The maximum atomic E-state index is 13.9. The molecule has 0 saturated heterocycles. The highest BCUT2D eigenvalue weighted by Crippen LogP contribution is 2.31. The molecule has 38 heavy (non-hydrogen) atoms. The van der Waals surface area contributed by atoms with Crippen molar-refractivity contribution < 1.29 is 22.3 Å². The number of aromatic amines is 1. The van der Waals surface area contributed by atoms with Crippen molar-refractivity contribution in [3.05, 3.63) is 94.5 Å². The Bertz CT molecular complexity index is 1830. The van der Waals surface area contributed by atoms with Gasteiger partial charge in [-0.25, -0.2) is 17.5 Å². The highest BCUT2D eigenvalue weighted by molar-refractivity contribution is 7.92. The summed E-state index contributed by atoms with van der Waals surface area (Å²) in [5.74, 6) is -0.228. The summed E-state index contributed by atoms with van der Waals surface area (Å²) in [6.07, 6.45) is 2.39. The van der Waals surface area contributed by atoms with Crippen LogP contribution in [0.3, 0.4) is 0 Å². The number of benzene rings is 3. The van der Waals surface area contributed by atoms with E-state index in [4.69, 9.17) is 22.1 Å². The van der Waals surface area contributed by atoms with E-state index in [1.165, 1.54) is 29.1 Å². The molecule has 0 amide bonds. The minimum Gasteiger partial charge on any atom is -0.454 e. The number of carbonyl (C=O) groups is 1. The van der Waals surface area contributed by atoms with Crippen LogP contribution in [0, 0.1) is 12.7 Å². The van der Waals surface area contributed by atoms with Crippen molar-refractivity contribution in [2.75, 3.05) is 16.7 Å². The normalized spacial score (nSPS) is 11.6. The number of ether oxygens (including phenoxy) is 1. The van der Waals surface area contributed by atoms with Gasteiger partial charge in [0.05, 0.1) is 40.1 Å². The van der Waals surface area contributed by atoms with Crippen LogP contribution in [0.15, 0.2) is 66.9 Å². The molecule has 0 aliphatic rings. The topological polar surface area (TPSA) is 132 Å². The molecule has 2 heterocycles. The first-order valence-electron chi connectivity index (χ1n) is 11.2. The molecule has 0 atom stereocenters. The third-order valence-corrected chi connectivity index (χ3v) is 6.66. The van der Waals surface area contributed by atoms with E-state index in [-0.39, 0.29) is 33.5 Å². The number of ketones is 1. The van der Waals surface area contributed by atoms with Crippen LogP contribution in [-0.4, -0.2) is 35.2 Å². The summed E-state index contributed by atoms with van der Waals surface area (Å²) in [4.78, 5) is 16.3. The quantitative estimate of drug-likeness (QED) is 0.230. The number of nitrogens with two attached hydrogens (primary N) is 1. The predicted octanol–water partition coefficient (Wildman–Crippen LogP) is 5.43. The van der Waals surface area contributed by atoms with E-state index in [9.17, 15) is 17.6 Å². The van der Waals surface area contributed by atoms with Crippen LogP contribution in [0.2, 0.25) is 5.02 Å². The van der Waals surface area contributed by atoms with Gasteiger partial charge in [-0.15, -0.1) is 0 Å². The van der Waals surface area contributed by atoms with Crippen molar-refractivity contribution >= 4 is 49.8 Å². The first-order chi connectivity index (χ1) is 18.0. The fourth-order valence-electron chi connectivity index (χ4n) is 4.01. The molecular weight excluding hydrogens is 533 g/mol. The number of nitrogens with one attached hydrogen (secondary N) is 2. The molecule has 4 N–H and O–H groups in total. The maximum Gasteiger partial charge on any atom is 0.229 e. The standard InChI is InChI=1S/C26H21ClFN5O4S/c1-14-9-16(37-24-6-4-3-5-19(24)28)7-8-23(14)33-26(29)17(13-30-33)25(34)22-11-15-10-18(27)21(12-20(15)31-22)32-38(2,35)36/h3-13,31-32H,29H2,1-2H3. The fourth-order valence-corrected chi connectivity index (χ4v) is 4.85. The van der Waals surface area contributed by atoms with E-state index in [0.717, 1.165) is 11.8 Å². The first kappa shape index (κ1) is 25.3. The Hall–Kier alpha value is -4.35. The molecular formula is C26H21ClFN5O4S. The average molecular weight is 554 g/mol. The summed E-state index contributed by atoms with van der Waals surface area (Å²) in [6, 6.07) is 15.8. The zero-order valence-electron chi connectivity index (χ0n) is 20.1. The van der Waals surface area contributed by atoms with E-state index < -0.39 is 21.6 Å². The van der Waals surface area contributed by atoms with Crippen LogP contribution in [0.25, 0.3) is 16.6 Å². The van der Waals surface area contributed by atoms with Gasteiger partial charge in [0.25, 0.3) is 0 Å². The van der Waals surface area contributed by atoms with Crippen molar-refractivity contribution in [1.82, 2.24) is 14.8 Å². The number of hydrogen-bond acceptors (Lipinski definition) is 6. The number of aromatic nitrogens is 3. The van der Waals surface area contributed by atoms with Gasteiger partial charge in [0.1, 0.15) is 11.6 Å². The Morgan fingerprint density at radius 3 is 2.63 bits per heavy atom. The maximum absolute atomic E-state index is 13.9. The molecule has 0 saturated carbocycles. The molecule has 0 fully saturated rings. The highest BCUT2D eigenvalue weighted by Gasteiger charge is 2.21. The molecule has 12 heteroatoms. The third kappa shape index (κ3) is 4.93. The minimum atomic E-state index is -3.54. The number of H-pyrrole nitrogens is 1. The van der Waals surface area contributed by atoms with Crippen LogP contribution in [0.5, 0.6) is 11.5 Å². The zero-order valence-corrected chi connectivity index (χ0v) is 21.7. The molecule has 2 aromatic heterocycles. The number of sulfonamides is 1. The number of carbonyl (C=O) groups excluding carboxylic acids is 1. The third-order valence-electron chi connectivity index (χ3n) is 5.76. The van der Waals surface area contributed by atoms with Crippen LogP contribution in [0.4, 0.5) is 15.9 Å². The SMILES string of the molecule is Cc1cc(Oc2ccccc2F)ccc1-n1ncc(C(=O)c2cc3cc(Cl)c(NS(C)(=O)=O)cc3[nH]2)c1N. The Morgan fingerprint density at radius 1 is 1.16 bits per heavy atom. The van der Waals surface area contributed by atoms with Crippen molar-refractivity contribution in [3.8, 4) is 17.2 Å². The average Bonchev–Trinajstić information content (AvgIpc) is 3.43. The molecule has 0 bridgehead atoms. The summed E-state index contributed by atoms with van der Waals surface area (Å²) < 4.78 is 46.6. The van der Waals surface area contributed by atoms with E-state index in [1.807, 2.05) is 6.92 Å². The summed E-state index contributed by atoms with van der Waals surface area (Å²) in [7, 11) is -3.54. The number of para-hydroxylation sites is 1. The van der Waals surface area contributed by atoms with E-state index >= 15 is 0 Å². The number of halogens is 2. The lowest BCUT2D eigenvalue weighted by molar-refractivity contribution is 0.103. The minimum absolute atomic E-state index is 0.102. The Morgan fingerprint density at radius 2 is 1.92 bits per heavy atom. The summed E-state index contributed by atoms with van der Waals surface area (Å²) in [6.45, 7) is 1.82. The zero-order chi connectivity index (χ0) is 27.2. The lowest BCUT2D eigenvalue weighted by atomic mass is 10.1. The number of anilines is 2. The van der Waals surface area contributed by atoms with Crippen LogP contribution in [0.1, 0.15) is 21.6 Å². The van der Waals surface area contributed by atoms with Gasteiger partial charge in [-0.05, 0) is 61.0 Å². The van der Waals surface area contributed by atoms with Gasteiger partial charge >= 0.3 is 0 Å². The van der Waals surface area contributed by atoms with Crippen LogP contribution in [-0.2, 0) is 10.0 Å². The lowest BCUT2D eigenvalue weighted by Gasteiger charge is -2.12. The van der Waals surface area contributed by atoms with Gasteiger partial charge < -0.3 is 15.5 Å². The molecule has 194 valence electrons. The number of rotatable bonds is 7. The lowest BCUT2D eigenvalue weighted by Crippen LogP contribution is -2.09. The number of nitrogens with zero attached hydrogens (tertiary/aromatic N) is 2. The van der Waals surface area contributed by atoms with Gasteiger partial charge in [-0.1, -0.05) is 23.7 Å². The molecule has 0 spiro atoms. The molecule has 5 aromatic rings. The second kappa shape index (κ2) is 9.51. The highest BCUT2D eigenvalue weighted by atomic mass is 35.5. The van der Waals surface area contributed by atoms with Gasteiger partial charge in [0.15, 0.2) is 11.6 Å². The molecule has 0 unspecified atom stereocenters. The summed E-state index contributed by atoms with van der Waals surface area (Å²) in [5.41, 5.74) is 8.77. The predicted molar refractivity (Wildman–Crippen MR) is 144 cm³/mol. The first-order valence-corrected chi connectivity index (χ1v) is 13.5. The number of hydrogen-bond donors (Lipinski definition) is 3. The monoisotopic (exact) mass is 553 g/mol. The number of aryl methyl sites for hydroxylation is 1. The fraction of sp³-hybridized carbons (Fsp3) is 0.0769. The smallest absolute Gasteiger partial charge is 0.229 e. The summed E-state index contributed by atoms with van der Waals surface area (Å²) in [5, 5.41) is 5.10. The molecule has 0 aliphatic carbocycles. The van der Waals surface area contributed by atoms with E-state index in [0.29, 0.717) is 22.3 Å². The second-order valence-electron chi connectivity index (χ2n) is 8.64. The number of fused-ring (bicyclic) bond motifs is 1. The Labute approximate surface area is 222 Å². The Kier molecular flexibility index (Phi) is 6.33. The number of nitrogen functional groups attached to an aromatic ring is 1. The van der Waals surface area contributed by atoms with Gasteiger partial charge in [0.2, 0.25) is 15.8 Å². The van der Waals surface area contributed by atoms with E-state index in [2.05, 4.69) is 14.8 Å². The molecule has 0 aliphatic heterocycles. The Balaban J connectivity index is 1.43. The molecule has 3 aromatic carbocycles.